The molecule has 4 atom stereocenters. The lowest BCUT2D eigenvalue weighted by molar-refractivity contribution is -0.124. The number of rotatable bonds is 3. The van der Waals surface area contributed by atoms with E-state index in [9.17, 15) is 4.79 Å². The summed E-state index contributed by atoms with van der Waals surface area (Å²) in [5, 5.41) is 7.33. The second kappa shape index (κ2) is 7.62. The number of amides is 1. The van der Waals surface area contributed by atoms with Gasteiger partial charge in [-0.1, -0.05) is 30.2 Å². The zero-order chi connectivity index (χ0) is 17.2. The smallest absolute Gasteiger partial charge is 0.237 e. The van der Waals surface area contributed by atoms with Crippen molar-refractivity contribution in [2.75, 3.05) is 26.2 Å². The van der Waals surface area contributed by atoms with E-state index in [0.717, 1.165) is 50.5 Å². The van der Waals surface area contributed by atoms with Gasteiger partial charge in [0.2, 0.25) is 5.91 Å². The highest BCUT2D eigenvalue weighted by Gasteiger charge is 2.38. The van der Waals surface area contributed by atoms with Crippen LogP contribution >= 0.6 is 11.6 Å². The van der Waals surface area contributed by atoms with E-state index in [1.807, 2.05) is 24.3 Å². The van der Waals surface area contributed by atoms with Crippen LogP contribution in [0.15, 0.2) is 24.3 Å². The van der Waals surface area contributed by atoms with Crippen LogP contribution in [0.1, 0.15) is 37.4 Å². The summed E-state index contributed by atoms with van der Waals surface area (Å²) in [6, 6.07) is 8.54. The molecule has 0 saturated carbocycles. The first kappa shape index (κ1) is 17.3. The number of piperidine rings is 1. The van der Waals surface area contributed by atoms with Gasteiger partial charge in [0.25, 0.3) is 0 Å². The lowest BCUT2D eigenvalue weighted by Crippen LogP contribution is -2.50. The molecule has 5 nitrogen and oxygen atoms in total. The van der Waals surface area contributed by atoms with E-state index >= 15 is 0 Å². The summed E-state index contributed by atoms with van der Waals surface area (Å²) < 4.78 is 6.08. The molecule has 0 aliphatic carbocycles. The fourth-order valence-electron chi connectivity index (χ4n) is 4.24. The van der Waals surface area contributed by atoms with Crippen molar-refractivity contribution in [1.82, 2.24) is 15.5 Å². The van der Waals surface area contributed by atoms with Gasteiger partial charge in [0.15, 0.2) is 0 Å². The van der Waals surface area contributed by atoms with E-state index < -0.39 is 0 Å². The average Bonchev–Trinajstić information content (AvgIpc) is 3.04. The first-order valence-corrected chi connectivity index (χ1v) is 9.72. The summed E-state index contributed by atoms with van der Waals surface area (Å²) in [6.07, 6.45) is 4.33. The van der Waals surface area contributed by atoms with E-state index in [0.29, 0.717) is 6.04 Å². The van der Waals surface area contributed by atoms with Crippen molar-refractivity contribution in [3.8, 4) is 0 Å². The SMILES string of the molecule is O=C(N[C@@H]1C[C@H]2CO[C@@H](c3ccc(Cl)cc3)CN2C1)[C@@H]1CCCCN1. The van der Waals surface area contributed by atoms with Crippen molar-refractivity contribution in [2.24, 2.45) is 0 Å². The molecule has 1 aromatic rings. The Hall–Kier alpha value is -1.14. The molecule has 3 fully saturated rings. The number of nitrogens with zero attached hydrogens (tertiary/aromatic N) is 1. The molecule has 3 aliphatic heterocycles. The molecule has 0 bridgehead atoms. The molecule has 0 radical (unpaired) electrons. The Morgan fingerprint density at radius 2 is 2.08 bits per heavy atom. The van der Waals surface area contributed by atoms with Crippen LogP contribution in [0.3, 0.4) is 0 Å². The van der Waals surface area contributed by atoms with Gasteiger partial charge in [0.05, 0.1) is 18.8 Å². The predicted molar refractivity (Wildman–Crippen MR) is 97.7 cm³/mol. The van der Waals surface area contributed by atoms with Crippen LogP contribution in [0.4, 0.5) is 0 Å². The molecule has 1 aromatic carbocycles. The van der Waals surface area contributed by atoms with Crippen molar-refractivity contribution >= 4 is 17.5 Å². The fourth-order valence-corrected chi connectivity index (χ4v) is 4.36. The van der Waals surface area contributed by atoms with E-state index in [1.54, 1.807) is 0 Å². The van der Waals surface area contributed by atoms with Gasteiger partial charge in [-0.05, 0) is 43.5 Å². The number of nitrogens with one attached hydrogen (secondary N) is 2. The lowest BCUT2D eigenvalue weighted by atomic mass is 10.0. The third-order valence-electron chi connectivity index (χ3n) is 5.63. The maximum absolute atomic E-state index is 12.4. The van der Waals surface area contributed by atoms with Crippen molar-refractivity contribution in [1.29, 1.82) is 0 Å². The van der Waals surface area contributed by atoms with Crippen LogP contribution < -0.4 is 10.6 Å². The normalized spacial score (nSPS) is 33.0. The molecule has 3 aliphatic rings. The van der Waals surface area contributed by atoms with Crippen LogP contribution in [0, 0.1) is 0 Å². The Labute approximate surface area is 154 Å². The Morgan fingerprint density at radius 1 is 1.24 bits per heavy atom. The molecule has 6 heteroatoms. The van der Waals surface area contributed by atoms with E-state index in [1.165, 1.54) is 12.0 Å². The molecular weight excluding hydrogens is 338 g/mol. The quantitative estimate of drug-likeness (QED) is 0.863. The number of morpholine rings is 1. The summed E-state index contributed by atoms with van der Waals surface area (Å²) in [7, 11) is 0. The van der Waals surface area contributed by atoms with Crippen molar-refractivity contribution in [3.63, 3.8) is 0 Å². The molecule has 0 aromatic heterocycles. The zero-order valence-electron chi connectivity index (χ0n) is 14.4. The number of fused-ring (bicyclic) bond motifs is 1. The monoisotopic (exact) mass is 363 g/mol. The van der Waals surface area contributed by atoms with Gasteiger partial charge in [0.1, 0.15) is 0 Å². The Kier molecular flexibility index (Phi) is 5.27. The fraction of sp³-hybridized carbons (Fsp3) is 0.632. The number of hydrogen-bond acceptors (Lipinski definition) is 4. The summed E-state index contributed by atoms with van der Waals surface area (Å²) in [5.41, 5.74) is 1.17. The van der Waals surface area contributed by atoms with Crippen LogP contribution in [-0.4, -0.2) is 55.2 Å². The van der Waals surface area contributed by atoms with Crippen LogP contribution in [-0.2, 0) is 9.53 Å². The minimum absolute atomic E-state index is 0.00977. The number of ether oxygens (including phenoxy) is 1. The molecule has 0 unspecified atom stereocenters. The molecule has 3 saturated heterocycles. The first-order valence-electron chi connectivity index (χ1n) is 9.34. The number of halogens is 1. The van der Waals surface area contributed by atoms with Crippen LogP contribution in [0.5, 0.6) is 0 Å². The molecule has 136 valence electrons. The van der Waals surface area contributed by atoms with Crippen molar-refractivity contribution < 1.29 is 9.53 Å². The van der Waals surface area contributed by atoms with E-state index in [2.05, 4.69) is 15.5 Å². The highest BCUT2D eigenvalue weighted by molar-refractivity contribution is 6.30. The summed E-state index contributed by atoms with van der Waals surface area (Å²) in [4.78, 5) is 14.9. The van der Waals surface area contributed by atoms with Crippen molar-refractivity contribution in [2.45, 2.75) is 49.9 Å². The Bertz CT molecular complexity index is 603. The lowest BCUT2D eigenvalue weighted by Gasteiger charge is -2.35. The third kappa shape index (κ3) is 4.00. The zero-order valence-corrected chi connectivity index (χ0v) is 15.2. The van der Waals surface area contributed by atoms with E-state index in [4.69, 9.17) is 16.3 Å². The van der Waals surface area contributed by atoms with Gasteiger partial charge in [-0.25, -0.2) is 0 Å². The second-order valence-electron chi connectivity index (χ2n) is 7.42. The van der Waals surface area contributed by atoms with Gasteiger partial charge in [-0.2, -0.15) is 0 Å². The summed E-state index contributed by atoms with van der Waals surface area (Å²) in [6.45, 7) is 3.46. The Morgan fingerprint density at radius 3 is 2.84 bits per heavy atom. The molecule has 1 amide bonds. The average molecular weight is 364 g/mol. The highest BCUT2D eigenvalue weighted by Crippen LogP contribution is 2.30. The minimum atomic E-state index is -0.00977. The van der Waals surface area contributed by atoms with Crippen LogP contribution in [0.25, 0.3) is 0 Å². The Balaban J connectivity index is 1.32. The molecule has 0 spiro atoms. The number of hydrogen-bond donors (Lipinski definition) is 2. The van der Waals surface area contributed by atoms with Gasteiger partial charge in [-0.15, -0.1) is 0 Å². The molecule has 25 heavy (non-hydrogen) atoms. The highest BCUT2D eigenvalue weighted by atomic mass is 35.5. The van der Waals surface area contributed by atoms with Gasteiger partial charge in [0, 0.05) is 30.2 Å². The van der Waals surface area contributed by atoms with E-state index in [-0.39, 0.29) is 24.1 Å². The second-order valence-corrected chi connectivity index (χ2v) is 7.86. The molecule has 4 rings (SSSR count). The van der Waals surface area contributed by atoms with Gasteiger partial charge >= 0.3 is 0 Å². The minimum Gasteiger partial charge on any atom is -0.371 e. The van der Waals surface area contributed by atoms with Crippen molar-refractivity contribution in [3.05, 3.63) is 34.9 Å². The predicted octanol–water partition coefficient (Wildman–Crippen LogP) is 2.11. The third-order valence-corrected chi connectivity index (χ3v) is 5.88. The van der Waals surface area contributed by atoms with Crippen LogP contribution in [0.2, 0.25) is 5.02 Å². The number of carbonyl (C=O) groups excluding carboxylic acids is 1. The summed E-state index contributed by atoms with van der Waals surface area (Å²) >= 11 is 5.97. The van der Waals surface area contributed by atoms with Gasteiger partial charge < -0.3 is 15.4 Å². The number of carbonyl (C=O) groups is 1. The first-order chi connectivity index (χ1) is 12.2. The summed E-state index contributed by atoms with van der Waals surface area (Å²) in [5.74, 6) is 0.166. The largest absolute Gasteiger partial charge is 0.371 e. The standard InChI is InChI=1S/C19H26ClN3O2/c20-14-6-4-13(5-7-14)18-11-23-10-15(9-16(23)12-25-18)22-19(24)17-3-1-2-8-21-17/h4-7,15-18,21H,1-3,8-12H2,(H,22,24)/t15-,16+,17+,18-/m1/s1. The molecule has 2 N–H and O–H groups in total. The number of benzene rings is 1. The maximum atomic E-state index is 12.4. The molecule has 3 heterocycles. The molecular formula is C19H26ClN3O2. The maximum Gasteiger partial charge on any atom is 0.237 e. The van der Waals surface area contributed by atoms with Gasteiger partial charge in [-0.3, -0.25) is 9.69 Å². The topological polar surface area (TPSA) is 53.6 Å².